The number of nitrogens with one attached hydrogen (secondary N) is 1. The van der Waals surface area contributed by atoms with Gasteiger partial charge in [-0.25, -0.2) is 13.6 Å². The summed E-state index contributed by atoms with van der Waals surface area (Å²) in [5.41, 5.74) is -0.539. The minimum atomic E-state index is -5.12. The molecule has 1 rings (SSSR count). The molecule has 0 bridgehead atoms. The second-order valence-corrected chi connectivity index (χ2v) is 5.58. The van der Waals surface area contributed by atoms with E-state index in [0.29, 0.717) is 0 Å². The van der Waals surface area contributed by atoms with Crippen LogP contribution in [0.3, 0.4) is 0 Å². The summed E-state index contributed by atoms with van der Waals surface area (Å²) in [5, 5.41) is 6.27. The van der Waals surface area contributed by atoms with E-state index >= 15 is 0 Å². The largest absolute Gasteiger partial charge is 0.471 e. The molecular formula is C8H6BrF3N2O3S. The molecule has 0 aliphatic rings. The average molecular weight is 347 g/mol. The molecule has 0 radical (unpaired) electrons. The zero-order chi connectivity index (χ0) is 14.1. The van der Waals surface area contributed by atoms with Gasteiger partial charge < -0.3 is 5.32 Å². The van der Waals surface area contributed by atoms with Crippen LogP contribution in [-0.4, -0.2) is 20.5 Å². The minimum Gasteiger partial charge on any atom is -0.317 e. The molecule has 5 nitrogen and oxygen atoms in total. The van der Waals surface area contributed by atoms with Crippen molar-refractivity contribution in [3.8, 4) is 0 Å². The fourth-order valence-corrected chi connectivity index (χ4v) is 2.26. The van der Waals surface area contributed by atoms with E-state index in [1.807, 2.05) is 0 Å². The highest BCUT2D eigenvalue weighted by molar-refractivity contribution is 9.10. The summed E-state index contributed by atoms with van der Waals surface area (Å²) in [5.74, 6) is -2.28. The van der Waals surface area contributed by atoms with Gasteiger partial charge in [0, 0.05) is 4.47 Å². The predicted octanol–water partition coefficient (Wildman–Crippen LogP) is 1.60. The summed E-state index contributed by atoms with van der Waals surface area (Å²) in [4.78, 5) is 10.1. The number of nitrogens with two attached hydrogens (primary N) is 1. The summed E-state index contributed by atoms with van der Waals surface area (Å²) in [6.07, 6.45) is -5.12. The first kappa shape index (κ1) is 14.9. The Morgan fingerprint density at radius 3 is 2.33 bits per heavy atom. The minimum absolute atomic E-state index is 0.288. The number of alkyl halides is 3. The molecule has 100 valence electrons. The van der Waals surface area contributed by atoms with Crippen LogP contribution in [0.5, 0.6) is 0 Å². The van der Waals surface area contributed by atoms with E-state index in [0.717, 1.165) is 12.1 Å². The summed E-state index contributed by atoms with van der Waals surface area (Å²) in [7, 11) is -4.26. The summed E-state index contributed by atoms with van der Waals surface area (Å²) in [6, 6.07) is 3.25. The monoisotopic (exact) mass is 346 g/mol. The van der Waals surface area contributed by atoms with E-state index in [1.54, 1.807) is 0 Å². The highest BCUT2D eigenvalue weighted by atomic mass is 79.9. The van der Waals surface area contributed by atoms with Gasteiger partial charge in [0.1, 0.15) is 4.90 Å². The molecule has 0 atom stereocenters. The first-order valence-electron chi connectivity index (χ1n) is 4.22. The van der Waals surface area contributed by atoms with Crippen molar-refractivity contribution in [3.05, 3.63) is 22.7 Å². The van der Waals surface area contributed by atoms with Crippen LogP contribution >= 0.6 is 15.9 Å². The smallest absolute Gasteiger partial charge is 0.317 e. The first-order valence-corrected chi connectivity index (χ1v) is 6.56. The van der Waals surface area contributed by atoms with Crippen molar-refractivity contribution in [2.75, 3.05) is 5.32 Å². The molecular weight excluding hydrogens is 341 g/mol. The van der Waals surface area contributed by atoms with Gasteiger partial charge in [0.15, 0.2) is 0 Å². The molecule has 0 saturated carbocycles. The number of rotatable bonds is 2. The van der Waals surface area contributed by atoms with Gasteiger partial charge in [-0.05, 0) is 18.2 Å². The third kappa shape index (κ3) is 3.68. The van der Waals surface area contributed by atoms with Gasteiger partial charge in [-0.2, -0.15) is 13.2 Å². The van der Waals surface area contributed by atoms with E-state index in [2.05, 4.69) is 15.9 Å². The number of benzene rings is 1. The van der Waals surface area contributed by atoms with Crippen LogP contribution in [0.15, 0.2) is 27.6 Å². The summed E-state index contributed by atoms with van der Waals surface area (Å²) in [6.45, 7) is 0. The van der Waals surface area contributed by atoms with Gasteiger partial charge in [-0.3, -0.25) is 4.79 Å². The normalized spacial score (nSPS) is 12.3. The van der Waals surface area contributed by atoms with Crippen molar-refractivity contribution in [2.45, 2.75) is 11.1 Å². The SMILES string of the molecule is NS(=O)(=O)c1cc(Br)ccc1NC(=O)C(F)(F)F. The topological polar surface area (TPSA) is 89.3 Å². The third-order valence-corrected chi connectivity index (χ3v) is 3.20. The molecule has 0 heterocycles. The zero-order valence-corrected chi connectivity index (χ0v) is 10.9. The number of halogens is 4. The molecule has 0 fully saturated rings. The van der Waals surface area contributed by atoms with Gasteiger partial charge in [0.05, 0.1) is 5.69 Å². The van der Waals surface area contributed by atoms with E-state index in [-0.39, 0.29) is 4.47 Å². The summed E-state index contributed by atoms with van der Waals surface area (Å²) < 4.78 is 58.7. The molecule has 1 aromatic rings. The van der Waals surface area contributed by atoms with E-state index in [9.17, 15) is 26.4 Å². The Bertz CT molecular complexity index is 586. The van der Waals surface area contributed by atoms with Crippen LogP contribution in [0.25, 0.3) is 0 Å². The Morgan fingerprint density at radius 1 is 1.33 bits per heavy atom. The van der Waals surface area contributed by atoms with Gasteiger partial charge in [0.25, 0.3) is 0 Å². The van der Waals surface area contributed by atoms with Gasteiger partial charge in [-0.1, -0.05) is 15.9 Å². The third-order valence-electron chi connectivity index (χ3n) is 1.76. The number of hydrogen-bond donors (Lipinski definition) is 2. The number of hydrogen-bond acceptors (Lipinski definition) is 3. The van der Waals surface area contributed by atoms with Gasteiger partial charge >= 0.3 is 12.1 Å². The summed E-state index contributed by atoms with van der Waals surface area (Å²) >= 11 is 2.94. The number of anilines is 1. The van der Waals surface area contributed by atoms with Crippen LogP contribution in [0, 0.1) is 0 Å². The number of carbonyl (C=O) groups excluding carboxylic acids is 1. The molecule has 0 aliphatic heterocycles. The van der Waals surface area contributed by atoms with Crippen LogP contribution in [0.1, 0.15) is 0 Å². The van der Waals surface area contributed by atoms with Crippen molar-refractivity contribution in [1.82, 2.24) is 0 Å². The molecule has 1 amide bonds. The molecule has 3 N–H and O–H groups in total. The molecule has 0 spiro atoms. The molecule has 0 aliphatic carbocycles. The van der Waals surface area contributed by atoms with Crippen LogP contribution in [-0.2, 0) is 14.8 Å². The first-order chi connectivity index (χ1) is 8.01. The molecule has 18 heavy (non-hydrogen) atoms. The van der Waals surface area contributed by atoms with E-state index in [4.69, 9.17) is 5.14 Å². The van der Waals surface area contributed by atoms with Crippen molar-refractivity contribution in [3.63, 3.8) is 0 Å². The van der Waals surface area contributed by atoms with E-state index in [1.165, 1.54) is 11.4 Å². The lowest BCUT2D eigenvalue weighted by Crippen LogP contribution is -2.31. The van der Waals surface area contributed by atoms with Crippen LogP contribution < -0.4 is 10.5 Å². The standard InChI is InChI=1S/C8H6BrF3N2O3S/c9-4-1-2-5(6(3-4)18(13,16)17)14-7(15)8(10,11)12/h1-3H,(H,14,15)(H2,13,16,17). The number of sulfonamides is 1. The lowest BCUT2D eigenvalue weighted by molar-refractivity contribution is -0.167. The Balaban J connectivity index is 3.23. The molecule has 0 aromatic heterocycles. The molecule has 1 aromatic carbocycles. The maximum Gasteiger partial charge on any atom is 0.471 e. The Labute approximate surface area is 108 Å². The van der Waals surface area contributed by atoms with Crippen LogP contribution in [0.4, 0.5) is 18.9 Å². The molecule has 0 saturated heterocycles. The highest BCUT2D eigenvalue weighted by Gasteiger charge is 2.39. The number of amides is 1. The fraction of sp³-hybridized carbons (Fsp3) is 0.125. The quantitative estimate of drug-likeness (QED) is 0.852. The van der Waals surface area contributed by atoms with Crippen molar-refractivity contribution < 1.29 is 26.4 Å². The lowest BCUT2D eigenvalue weighted by atomic mass is 10.3. The Kier molecular flexibility index (Phi) is 4.03. The number of carbonyl (C=O) groups is 1. The van der Waals surface area contributed by atoms with Crippen molar-refractivity contribution in [1.29, 1.82) is 0 Å². The second-order valence-electron chi connectivity index (χ2n) is 3.14. The van der Waals surface area contributed by atoms with Crippen LogP contribution in [0.2, 0.25) is 0 Å². The maximum absolute atomic E-state index is 12.0. The van der Waals surface area contributed by atoms with E-state index < -0.39 is 32.7 Å². The highest BCUT2D eigenvalue weighted by Crippen LogP contribution is 2.26. The average Bonchev–Trinajstić information content (AvgIpc) is 2.17. The second kappa shape index (κ2) is 4.86. The van der Waals surface area contributed by atoms with Crippen molar-refractivity contribution in [2.24, 2.45) is 5.14 Å². The zero-order valence-electron chi connectivity index (χ0n) is 8.45. The Hall–Kier alpha value is -1.13. The number of primary sulfonamides is 1. The van der Waals surface area contributed by atoms with Crippen molar-refractivity contribution >= 4 is 37.5 Å². The van der Waals surface area contributed by atoms with Gasteiger partial charge in [0.2, 0.25) is 10.0 Å². The fourth-order valence-electron chi connectivity index (χ4n) is 1.03. The Morgan fingerprint density at radius 2 is 1.89 bits per heavy atom. The molecule has 0 unspecified atom stereocenters. The lowest BCUT2D eigenvalue weighted by Gasteiger charge is -2.11. The maximum atomic E-state index is 12.0. The van der Waals surface area contributed by atoms with Gasteiger partial charge in [-0.15, -0.1) is 0 Å². The predicted molar refractivity (Wildman–Crippen MR) is 60.2 cm³/mol. The molecule has 10 heteroatoms.